The Labute approximate surface area is 193 Å². The molecule has 33 heavy (non-hydrogen) atoms. The van der Waals surface area contributed by atoms with Gasteiger partial charge in [-0.05, 0) is 47.4 Å². The van der Waals surface area contributed by atoms with Gasteiger partial charge < -0.3 is 11.1 Å². The summed E-state index contributed by atoms with van der Waals surface area (Å²) in [6.07, 6.45) is 6.35. The zero-order valence-electron chi connectivity index (χ0n) is 18.3. The van der Waals surface area contributed by atoms with E-state index in [4.69, 9.17) is 10.7 Å². The predicted molar refractivity (Wildman–Crippen MR) is 135 cm³/mol. The molecule has 0 spiro atoms. The standard InChI is InChI=1S/C28H25N5/c29-19-21-6-8-23(9-7-21)27-24(22-4-2-1-3-5-22)18-25-26(33-27)13-17-32-28(25)31-16-12-20-10-14-30-15-11-20/h1-11,13-15,17-18H,12,16,19,29H2,(H,31,32). The quantitative estimate of drug-likeness (QED) is 0.357. The summed E-state index contributed by atoms with van der Waals surface area (Å²) in [6, 6.07) is 26.9. The molecule has 0 amide bonds. The summed E-state index contributed by atoms with van der Waals surface area (Å²) in [5.41, 5.74) is 13.3. The number of nitrogens with zero attached hydrogens (tertiary/aromatic N) is 3. The fourth-order valence-electron chi connectivity index (χ4n) is 3.97. The lowest BCUT2D eigenvalue weighted by molar-refractivity contribution is 1.00. The van der Waals surface area contributed by atoms with E-state index in [1.807, 2.05) is 42.9 Å². The van der Waals surface area contributed by atoms with Crippen molar-refractivity contribution in [3.63, 3.8) is 0 Å². The van der Waals surface area contributed by atoms with E-state index < -0.39 is 0 Å². The molecule has 3 heterocycles. The van der Waals surface area contributed by atoms with Crippen molar-refractivity contribution in [2.24, 2.45) is 5.73 Å². The summed E-state index contributed by atoms with van der Waals surface area (Å²) >= 11 is 0. The van der Waals surface area contributed by atoms with Gasteiger partial charge in [-0.3, -0.25) is 4.98 Å². The summed E-state index contributed by atoms with van der Waals surface area (Å²) in [5, 5.41) is 4.51. The lowest BCUT2D eigenvalue weighted by Gasteiger charge is -2.14. The fourth-order valence-corrected chi connectivity index (χ4v) is 3.97. The molecular formula is C28H25N5. The van der Waals surface area contributed by atoms with Crippen LogP contribution in [0.15, 0.2) is 97.5 Å². The Morgan fingerprint density at radius 2 is 1.55 bits per heavy atom. The number of pyridine rings is 3. The van der Waals surface area contributed by atoms with Gasteiger partial charge in [-0.2, -0.15) is 0 Å². The van der Waals surface area contributed by atoms with Gasteiger partial charge in [0.1, 0.15) is 5.82 Å². The van der Waals surface area contributed by atoms with Crippen LogP contribution in [0.2, 0.25) is 0 Å². The summed E-state index contributed by atoms with van der Waals surface area (Å²) < 4.78 is 0. The van der Waals surface area contributed by atoms with E-state index in [0.29, 0.717) is 6.54 Å². The van der Waals surface area contributed by atoms with E-state index in [-0.39, 0.29) is 0 Å². The first-order valence-electron chi connectivity index (χ1n) is 11.1. The van der Waals surface area contributed by atoms with E-state index >= 15 is 0 Å². The third-order valence-corrected chi connectivity index (χ3v) is 5.75. The Morgan fingerprint density at radius 3 is 2.30 bits per heavy atom. The number of benzene rings is 2. The minimum atomic E-state index is 0.525. The molecule has 5 heteroatoms. The summed E-state index contributed by atoms with van der Waals surface area (Å²) in [7, 11) is 0. The monoisotopic (exact) mass is 431 g/mol. The third kappa shape index (κ3) is 4.59. The van der Waals surface area contributed by atoms with E-state index in [1.54, 1.807) is 0 Å². The molecule has 0 aliphatic rings. The highest BCUT2D eigenvalue weighted by Crippen LogP contribution is 2.35. The number of anilines is 1. The molecule has 0 aliphatic heterocycles. The maximum atomic E-state index is 5.80. The Morgan fingerprint density at radius 1 is 0.758 bits per heavy atom. The number of hydrogen-bond acceptors (Lipinski definition) is 5. The Bertz CT molecular complexity index is 1350. The number of aromatic nitrogens is 3. The summed E-state index contributed by atoms with van der Waals surface area (Å²) in [4.78, 5) is 13.8. The van der Waals surface area contributed by atoms with Gasteiger partial charge in [0.2, 0.25) is 0 Å². The molecule has 0 aliphatic carbocycles. The highest BCUT2D eigenvalue weighted by atomic mass is 15.0. The van der Waals surface area contributed by atoms with Gasteiger partial charge in [-0.1, -0.05) is 54.6 Å². The van der Waals surface area contributed by atoms with Crippen molar-refractivity contribution in [1.82, 2.24) is 15.0 Å². The molecule has 3 aromatic heterocycles. The van der Waals surface area contributed by atoms with Crippen LogP contribution in [0.25, 0.3) is 33.3 Å². The molecule has 0 bridgehead atoms. The number of hydrogen-bond donors (Lipinski definition) is 2. The van der Waals surface area contributed by atoms with Gasteiger partial charge in [0, 0.05) is 48.2 Å². The minimum Gasteiger partial charge on any atom is -0.369 e. The second-order valence-electron chi connectivity index (χ2n) is 7.91. The maximum Gasteiger partial charge on any atom is 0.135 e. The number of rotatable bonds is 7. The Hall–Kier alpha value is -4.09. The van der Waals surface area contributed by atoms with Crippen LogP contribution in [0.3, 0.4) is 0 Å². The van der Waals surface area contributed by atoms with Crippen LogP contribution >= 0.6 is 0 Å². The SMILES string of the molecule is NCc1ccc(-c2nc3ccnc(NCCc4ccncc4)c3cc2-c2ccccc2)cc1. The molecule has 162 valence electrons. The molecule has 0 fully saturated rings. The molecular weight excluding hydrogens is 406 g/mol. The van der Waals surface area contributed by atoms with Crippen LogP contribution in [0.5, 0.6) is 0 Å². The zero-order valence-corrected chi connectivity index (χ0v) is 18.3. The predicted octanol–water partition coefficient (Wildman–Crippen LogP) is 5.47. The average molecular weight is 432 g/mol. The molecule has 0 unspecified atom stereocenters. The van der Waals surface area contributed by atoms with Crippen molar-refractivity contribution in [2.75, 3.05) is 11.9 Å². The van der Waals surface area contributed by atoms with Crippen LogP contribution in [0.1, 0.15) is 11.1 Å². The molecule has 0 radical (unpaired) electrons. The van der Waals surface area contributed by atoms with Gasteiger partial charge in [-0.15, -0.1) is 0 Å². The summed E-state index contributed by atoms with van der Waals surface area (Å²) in [6.45, 7) is 1.30. The van der Waals surface area contributed by atoms with Gasteiger partial charge in [0.05, 0.1) is 11.2 Å². The highest BCUT2D eigenvalue weighted by Gasteiger charge is 2.14. The molecule has 0 saturated heterocycles. The maximum absolute atomic E-state index is 5.80. The van der Waals surface area contributed by atoms with Crippen LogP contribution < -0.4 is 11.1 Å². The van der Waals surface area contributed by atoms with Gasteiger partial charge in [-0.25, -0.2) is 9.97 Å². The van der Waals surface area contributed by atoms with E-state index in [2.05, 4.69) is 69.9 Å². The van der Waals surface area contributed by atoms with Crippen LogP contribution in [-0.2, 0) is 13.0 Å². The highest BCUT2D eigenvalue weighted by molar-refractivity contribution is 5.96. The molecule has 5 rings (SSSR count). The van der Waals surface area contributed by atoms with Crippen molar-refractivity contribution in [1.29, 1.82) is 0 Å². The van der Waals surface area contributed by atoms with Crippen LogP contribution in [0, 0.1) is 0 Å². The van der Waals surface area contributed by atoms with Crippen molar-refractivity contribution >= 4 is 16.7 Å². The molecule has 5 nitrogen and oxygen atoms in total. The topological polar surface area (TPSA) is 76.7 Å². The molecule has 3 N–H and O–H groups in total. The van der Waals surface area contributed by atoms with Gasteiger partial charge in [0.25, 0.3) is 0 Å². The van der Waals surface area contributed by atoms with E-state index in [1.165, 1.54) is 5.56 Å². The first-order valence-corrected chi connectivity index (χ1v) is 11.1. The van der Waals surface area contributed by atoms with Crippen molar-refractivity contribution in [3.8, 4) is 22.4 Å². The largest absolute Gasteiger partial charge is 0.369 e. The van der Waals surface area contributed by atoms with E-state index in [9.17, 15) is 0 Å². The fraction of sp³-hybridized carbons (Fsp3) is 0.107. The second kappa shape index (κ2) is 9.59. The zero-order chi connectivity index (χ0) is 22.5. The van der Waals surface area contributed by atoms with Gasteiger partial charge in [0.15, 0.2) is 0 Å². The van der Waals surface area contributed by atoms with Gasteiger partial charge >= 0.3 is 0 Å². The number of nitrogens with two attached hydrogens (primary N) is 1. The van der Waals surface area contributed by atoms with Crippen LogP contribution in [-0.4, -0.2) is 21.5 Å². The first-order chi connectivity index (χ1) is 16.3. The lowest BCUT2D eigenvalue weighted by Crippen LogP contribution is -2.07. The molecule has 0 atom stereocenters. The minimum absolute atomic E-state index is 0.525. The van der Waals surface area contributed by atoms with E-state index in [0.717, 1.165) is 57.6 Å². The van der Waals surface area contributed by atoms with Crippen LogP contribution in [0.4, 0.5) is 5.82 Å². The number of nitrogens with one attached hydrogen (secondary N) is 1. The number of fused-ring (bicyclic) bond motifs is 1. The lowest BCUT2D eigenvalue weighted by atomic mass is 9.97. The van der Waals surface area contributed by atoms with Crippen molar-refractivity contribution < 1.29 is 0 Å². The summed E-state index contributed by atoms with van der Waals surface area (Å²) in [5.74, 6) is 0.844. The van der Waals surface area contributed by atoms with Crippen molar-refractivity contribution in [2.45, 2.75) is 13.0 Å². The second-order valence-corrected chi connectivity index (χ2v) is 7.91. The average Bonchev–Trinajstić information content (AvgIpc) is 2.89. The Balaban J connectivity index is 1.56. The molecule has 5 aromatic rings. The first kappa shape index (κ1) is 20.8. The molecule has 0 saturated carbocycles. The molecule has 2 aromatic carbocycles. The normalized spacial score (nSPS) is 10.9. The Kier molecular flexibility index (Phi) is 6.04. The van der Waals surface area contributed by atoms with Crippen molar-refractivity contribution in [3.05, 3.63) is 109 Å². The third-order valence-electron chi connectivity index (χ3n) is 5.75. The smallest absolute Gasteiger partial charge is 0.135 e.